The fourth-order valence-corrected chi connectivity index (χ4v) is 0.796. The first kappa shape index (κ1) is 7.74. The van der Waals surface area contributed by atoms with Gasteiger partial charge in [-0.05, 0) is 0 Å². The molecule has 0 unspecified atom stereocenters. The molecule has 0 saturated heterocycles. The van der Waals surface area contributed by atoms with Crippen molar-refractivity contribution >= 4 is 23.8 Å². The number of hydrogen-bond donors (Lipinski definition) is 2. The van der Waals surface area contributed by atoms with Crippen LogP contribution < -0.4 is 11.3 Å². The van der Waals surface area contributed by atoms with Crippen molar-refractivity contribution in [3.8, 4) is 0 Å². The van der Waals surface area contributed by atoms with Gasteiger partial charge in [0.1, 0.15) is 10.7 Å². The van der Waals surface area contributed by atoms with Crippen LogP contribution in [-0.2, 0) is 0 Å². The molecule has 0 bridgehead atoms. The van der Waals surface area contributed by atoms with Crippen LogP contribution in [0.3, 0.4) is 0 Å². The zero-order valence-corrected chi connectivity index (χ0v) is 6.05. The fourth-order valence-electron chi connectivity index (χ4n) is 0.573. The van der Waals surface area contributed by atoms with Gasteiger partial charge < -0.3 is 10.7 Å². The molecule has 0 fully saturated rings. The Hall–Kier alpha value is -1.36. The Bertz CT molecular complexity index is 346. The van der Waals surface area contributed by atoms with Crippen LogP contribution in [0.25, 0.3) is 0 Å². The zero-order chi connectivity index (χ0) is 8.43. The molecular weight excluding hydrogens is 170 g/mol. The van der Waals surface area contributed by atoms with Crippen molar-refractivity contribution in [3.63, 3.8) is 0 Å². The van der Waals surface area contributed by atoms with E-state index in [9.17, 15) is 9.59 Å². The molecule has 0 saturated carbocycles. The lowest BCUT2D eigenvalue weighted by molar-refractivity contribution is 0.112. The number of nitrogens with zero attached hydrogens (tertiary/aromatic N) is 1. The molecule has 0 spiro atoms. The van der Waals surface area contributed by atoms with E-state index in [4.69, 9.17) is 17.3 Å². The summed E-state index contributed by atoms with van der Waals surface area (Å²) in [7, 11) is 0. The van der Waals surface area contributed by atoms with Crippen molar-refractivity contribution in [2.75, 3.05) is 5.73 Å². The van der Waals surface area contributed by atoms with Gasteiger partial charge in [0.15, 0.2) is 6.29 Å². The highest BCUT2D eigenvalue weighted by Gasteiger charge is 2.05. The predicted octanol–water partition coefficient (Wildman–Crippen LogP) is -0.182. The van der Waals surface area contributed by atoms with Gasteiger partial charge in [0, 0.05) is 0 Å². The fraction of sp³-hybridized carbons (Fsp3) is 0. The summed E-state index contributed by atoms with van der Waals surface area (Å²) in [4.78, 5) is 26.5. The van der Waals surface area contributed by atoms with Crippen molar-refractivity contribution in [1.29, 1.82) is 0 Å². The summed E-state index contributed by atoms with van der Waals surface area (Å²) in [5.74, 6) is -0.106. The molecule has 6 heteroatoms. The van der Waals surface area contributed by atoms with Gasteiger partial charge in [-0.25, -0.2) is 0 Å². The monoisotopic (exact) mass is 173 g/mol. The highest BCUT2D eigenvalue weighted by molar-refractivity contribution is 6.31. The molecule has 1 aromatic rings. The Labute approximate surface area is 66.2 Å². The number of aromatic nitrogens is 2. The molecule has 58 valence electrons. The summed E-state index contributed by atoms with van der Waals surface area (Å²) < 4.78 is 0. The van der Waals surface area contributed by atoms with Crippen LogP contribution >= 0.6 is 11.6 Å². The standard InChI is InChI=1S/C5H4ClN3O2/c6-3-2(1-10)4(11)9-5(7)8-3/h1H,(H3,7,8,9,11). The average molecular weight is 174 g/mol. The summed E-state index contributed by atoms with van der Waals surface area (Å²) in [6.07, 6.45) is 0.327. The number of nitrogens with one attached hydrogen (secondary N) is 1. The first-order valence-corrected chi connectivity index (χ1v) is 3.03. The molecule has 1 aromatic heterocycles. The van der Waals surface area contributed by atoms with Gasteiger partial charge in [-0.3, -0.25) is 9.59 Å². The van der Waals surface area contributed by atoms with Crippen molar-refractivity contribution in [2.45, 2.75) is 0 Å². The van der Waals surface area contributed by atoms with Gasteiger partial charge in [0.25, 0.3) is 5.56 Å². The predicted molar refractivity (Wildman–Crippen MR) is 39.7 cm³/mol. The Morgan fingerprint density at radius 1 is 1.64 bits per heavy atom. The lowest BCUT2D eigenvalue weighted by atomic mass is 10.4. The minimum Gasteiger partial charge on any atom is -0.369 e. The minimum atomic E-state index is -0.721. The van der Waals surface area contributed by atoms with E-state index >= 15 is 0 Å². The second-order valence-corrected chi connectivity index (χ2v) is 2.15. The number of nitrogen functional groups attached to an aromatic ring is 1. The zero-order valence-electron chi connectivity index (χ0n) is 5.30. The normalized spacial score (nSPS) is 9.55. The molecule has 5 nitrogen and oxygen atoms in total. The van der Waals surface area contributed by atoms with E-state index in [1.807, 2.05) is 0 Å². The highest BCUT2D eigenvalue weighted by atomic mass is 35.5. The van der Waals surface area contributed by atoms with Crippen LogP contribution in [0.15, 0.2) is 4.79 Å². The summed E-state index contributed by atoms with van der Waals surface area (Å²) in [5, 5.41) is -0.0856. The third-order valence-electron chi connectivity index (χ3n) is 1.04. The quantitative estimate of drug-likeness (QED) is 0.455. The van der Waals surface area contributed by atoms with E-state index in [1.165, 1.54) is 0 Å². The number of aldehydes is 1. The Balaban J connectivity index is 3.49. The second-order valence-electron chi connectivity index (χ2n) is 1.77. The molecule has 0 aliphatic rings. The molecule has 0 aromatic carbocycles. The highest BCUT2D eigenvalue weighted by Crippen LogP contribution is 2.05. The number of nitrogens with two attached hydrogens (primary N) is 1. The van der Waals surface area contributed by atoms with E-state index < -0.39 is 5.56 Å². The second kappa shape index (κ2) is 2.71. The number of carbonyl (C=O) groups excluding carboxylic acids is 1. The molecule has 0 atom stereocenters. The van der Waals surface area contributed by atoms with Gasteiger partial charge in [-0.2, -0.15) is 4.98 Å². The summed E-state index contributed by atoms with van der Waals surface area (Å²) in [6, 6.07) is 0. The Morgan fingerprint density at radius 3 is 2.73 bits per heavy atom. The van der Waals surface area contributed by atoms with Gasteiger partial charge in [0.2, 0.25) is 5.95 Å². The van der Waals surface area contributed by atoms with E-state index in [-0.39, 0.29) is 16.7 Å². The van der Waals surface area contributed by atoms with E-state index in [2.05, 4.69) is 9.97 Å². The van der Waals surface area contributed by atoms with Gasteiger partial charge >= 0.3 is 0 Å². The number of rotatable bonds is 1. The SMILES string of the molecule is Nc1nc(=O)c(C=O)c(Cl)[nH]1. The summed E-state index contributed by atoms with van der Waals surface area (Å²) in [5.41, 5.74) is 4.19. The first-order valence-electron chi connectivity index (χ1n) is 2.65. The molecule has 0 aliphatic carbocycles. The number of anilines is 1. The molecule has 1 rings (SSSR count). The van der Waals surface area contributed by atoms with Crippen LogP contribution in [0, 0.1) is 0 Å². The smallest absolute Gasteiger partial charge is 0.286 e. The minimum absolute atomic E-state index is 0.0856. The maximum atomic E-state index is 10.8. The molecule has 0 aliphatic heterocycles. The number of aromatic amines is 1. The molecule has 11 heavy (non-hydrogen) atoms. The van der Waals surface area contributed by atoms with Crippen molar-refractivity contribution < 1.29 is 4.79 Å². The van der Waals surface area contributed by atoms with Crippen molar-refractivity contribution in [1.82, 2.24) is 9.97 Å². The largest absolute Gasteiger partial charge is 0.369 e. The molecular formula is C5H4ClN3O2. The number of H-pyrrole nitrogens is 1. The van der Waals surface area contributed by atoms with Crippen molar-refractivity contribution in [2.24, 2.45) is 0 Å². The summed E-state index contributed by atoms with van der Waals surface area (Å²) in [6.45, 7) is 0. The van der Waals surface area contributed by atoms with Crippen LogP contribution in [0.4, 0.5) is 5.95 Å². The van der Waals surface area contributed by atoms with Gasteiger partial charge in [-0.1, -0.05) is 11.6 Å². The molecule has 1 heterocycles. The lowest BCUT2D eigenvalue weighted by Crippen LogP contribution is -2.16. The third kappa shape index (κ3) is 1.38. The molecule has 0 radical (unpaired) electrons. The maximum Gasteiger partial charge on any atom is 0.286 e. The molecule has 3 N–H and O–H groups in total. The molecule has 0 amide bonds. The Morgan fingerprint density at radius 2 is 2.27 bits per heavy atom. The summed E-state index contributed by atoms with van der Waals surface area (Å²) >= 11 is 5.43. The van der Waals surface area contributed by atoms with Gasteiger partial charge in [0.05, 0.1) is 0 Å². The maximum absolute atomic E-state index is 10.8. The van der Waals surface area contributed by atoms with Crippen molar-refractivity contribution in [3.05, 3.63) is 21.1 Å². The van der Waals surface area contributed by atoms with Crippen LogP contribution in [0.2, 0.25) is 5.15 Å². The average Bonchev–Trinajstić information content (AvgIpc) is 1.85. The Kier molecular flexibility index (Phi) is 1.91. The van der Waals surface area contributed by atoms with Gasteiger partial charge in [-0.15, -0.1) is 0 Å². The van der Waals surface area contributed by atoms with Crippen LogP contribution in [-0.4, -0.2) is 16.3 Å². The number of hydrogen-bond acceptors (Lipinski definition) is 4. The van der Waals surface area contributed by atoms with Crippen LogP contribution in [0.5, 0.6) is 0 Å². The topological polar surface area (TPSA) is 88.8 Å². The van der Waals surface area contributed by atoms with E-state index in [1.54, 1.807) is 0 Å². The third-order valence-corrected chi connectivity index (χ3v) is 1.34. The van der Waals surface area contributed by atoms with Crippen LogP contribution in [0.1, 0.15) is 10.4 Å². The lowest BCUT2D eigenvalue weighted by Gasteiger charge is -1.95. The first-order chi connectivity index (χ1) is 5.15. The number of halogens is 1. The van der Waals surface area contributed by atoms with E-state index in [0.29, 0.717) is 6.29 Å². The van der Waals surface area contributed by atoms with E-state index in [0.717, 1.165) is 0 Å². The number of carbonyl (C=O) groups is 1.